The fourth-order valence-corrected chi connectivity index (χ4v) is 8.29. The van der Waals surface area contributed by atoms with Crippen LogP contribution >= 0.6 is 15.9 Å². The van der Waals surface area contributed by atoms with Gasteiger partial charge in [0.2, 0.25) is 0 Å². The molecule has 3 nitrogen and oxygen atoms in total. The minimum Gasteiger partial charge on any atom is -0.462 e. The first-order valence-electron chi connectivity index (χ1n) is 10.1. The van der Waals surface area contributed by atoms with Gasteiger partial charge in [-0.15, -0.1) is 0 Å². The van der Waals surface area contributed by atoms with Crippen molar-refractivity contribution in [1.82, 2.24) is 0 Å². The lowest BCUT2D eigenvalue weighted by molar-refractivity contribution is -0.161. The second-order valence-corrected chi connectivity index (χ2v) is 10.8. The molecule has 0 aromatic rings. The Bertz CT molecular complexity index is 590. The van der Waals surface area contributed by atoms with E-state index in [1.54, 1.807) is 6.92 Å². The molecule has 4 saturated carbocycles. The fraction of sp³-hybridized carbons (Fsp3) is 0.905. The van der Waals surface area contributed by atoms with E-state index in [1.807, 2.05) is 0 Å². The number of hydrogen-bond donors (Lipinski definition) is 0. The summed E-state index contributed by atoms with van der Waals surface area (Å²) in [6.45, 7) is 6.39. The minimum absolute atomic E-state index is 0.0539. The maximum Gasteiger partial charge on any atom is 0.302 e. The number of carbonyl (C=O) groups is 2. The smallest absolute Gasteiger partial charge is 0.302 e. The van der Waals surface area contributed by atoms with Crippen LogP contribution in [0, 0.1) is 34.5 Å². The monoisotopic (exact) mass is 410 g/mol. The zero-order chi connectivity index (χ0) is 18.0. The quantitative estimate of drug-likeness (QED) is 0.455. The first kappa shape index (κ1) is 18.0. The molecule has 4 aliphatic rings. The standard InChI is InChI=1S/C21H31BrO3/c1-12(23)25-19-7-6-15-14-5-4-13-10-18(24)17(22)11-21(13,3)16(14)8-9-20(15,19)2/h13-17,19H,4-11H2,1-3H3/t13-,14-,15-,16-,17+,19-,20-,21-/m0/s1. The maximum atomic E-state index is 12.2. The molecule has 0 bridgehead atoms. The van der Waals surface area contributed by atoms with Gasteiger partial charge < -0.3 is 4.74 Å². The molecular formula is C21H31BrO3. The van der Waals surface area contributed by atoms with E-state index in [9.17, 15) is 9.59 Å². The third-order valence-corrected chi connectivity index (χ3v) is 9.54. The molecule has 0 radical (unpaired) electrons. The van der Waals surface area contributed by atoms with E-state index in [4.69, 9.17) is 4.74 Å². The predicted octanol–water partition coefficient (Wildman–Crippen LogP) is 4.90. The SMILES string of the molecule is CC(=O)O[C@H]1CC[C@H]2[C@@H]3CC[C@H]4CC(=O)[C@H](Br)C[C@]4(C)[C@H]3CC[C@]12C. The van der Waals surface area contributed by atoms with Crippen LogP contribution in [-0.2, 0) is 14.3 Å². The Hall–Kier alpha value is -0.380. The van der Waals surface area contributed by atoms with Crippen LogP contribution in [0.25, 0.3) is 0 Å². The van der Waals surface area contributed by atoms with Crippen molar-refractivity contribution in [2.24, 2.45) is 34.5 Å². The summed E-state index contributed by atoms with van der Waals surface area (Å²) in [5, 5.41) is 0. The highest BCUT2D eigenvalue weighted by molar-refractivity contribution is 9.10. The molecule has 4 fully saturated rings. The number of ether oxygens (including phenoxy) is 1. The van der Waals surface area contributed by atoms with Crippen LogP contribution in [0.2, 0.25) is 0 Å². The molecule has 0 saturated heterocycles. The summed E-state index contributed by atoms with van der Waals surface area (Å²) in [6, 6.07) is 0. The summed E-state index contributed by atoms with van der Waals surface area (Å²) in [7, 11) is 0. The van der Waals surface area contributed by atoms with Crippen LogP contribution < -0.4 is 0 Å². The first-order valence-corrected chi connectivity index (χ1v) is 11.0. The lowest BCUT2D eigenvalue weighted by atomic mass is 9.45. The van der Waals surface area contributed by atoms with Crippen molar-refractivity contribution in [2.45, 2.75) is 83.1 Å². The molecule has 25 heavy (non-hydrogen) atoms. The van der Waals surface area contributed by atoms with Gasteiger partial charge >= 0.3 is 5.97 Å². The number of carbonyl (C=O) groups excluding carboxylic acids is 2. The van der Waals surface area contributed by atoms with Crippen molar-refractivity contribution in [3.63, 3.8) is 0 Å². The Balaban J connectivity index is 1.59. The van der Waals surface area contributed by atoms with Gasteiger partial charge in [-0.1, -0.05) is 29.8 Å². The summed E-state index contributed by atoms with van der Waals surface area (Å²) in [6.07, 6.45) is 8.99. The van der Waals surface area contributed by atoms with Crippen molar-refractivity contribution >= 4 is 27.7 Å². The second-order valence-electron chi connectivity index (χ2n) is 9.72. The summed E-state index contributed by atoms with van der Waals surface area (Å²) in [4.78, 5) is 23.8. The summed E-state index contributed by atoms with van der Waals surface area (Å²) in [5.41, 5.74) is 0.458. The van der Waals surface area contributed by atoms with Gasteiger partial charge in [-0.3, -0.25) is 9.59 Å². The molecular weight excluding hydrogens is 380 g/mol. The molecule has 0 spiro atoms. The lowest BCUT2D eigenvalue weighted by Crippen LogP contribution is -2.55. The van der Waals surface area contributed by atoms with Crippen LogP contribution in [0.3, 0.4) is 0 Å². The zero-order valence-corrected chi connectivity index (χ0v) is 17.3. The maximum absolute atomic E-state index is 12.2. The van der Waals surface area contributed by atoms with Gasteiger partial charge in [0.25, 0.3) is 0 Å². The van der Waals surface area contributed by atoms with Gasteiger partial charge in [0.15, 0.2) is 0 Å². The van der Waals surface area contributed by atoms with Gasteiger partial charge in [0, 0.05) is 18.8 Å². The van der Waals surface area contributed by atoms with Crippen molar-refractivity contribution in [3.8, 4) is 0 Å². The van der Waals surface area contributed by atoms with E-state index in [2.05, 4.69) is 29.8 Å². The van der Waals surface area contributed by atoms with E-state index in [0.29, 0.717) is 23.0 Å². The zero-order valence-electron chi connectivity index (χ0n) is 15.7. The Morgan fingerprint density at radius 3 is 2.52 bits per heavy atom. The van der Waals surface area contributed by atoms with Crippen LogP contribution in [0.15, 0.2) is 0 Å². The van der Waals surface area contributed by atoms with Crippen molar-refractivity contribution in [3.05, 3.63) is 0 Å². The lowest BCUT2D eigenvalue weighted by Gasteiger charge is -2.60. The Labute approximate surface area is 159 Å². The highest BCUT2D eigenvalue weighted by Crippen LogP contribution is 2.66. The highest BCUT2D eigenvalue weighted by atomic mass is 79.9. The molecule has 0 aromatic heterocycles. The average Bonchev–Trinajstić information content (AvgIpc) is 2.85. The van der Waals surface area contributed by atoms with Crippen LogP contribution in [-0.4, -0.2) is 22.7 Å². The molecule has 4 aliphatic carbocycles. The Morgan fingerprint density at radius 1 is 1.08 bits per heavy atom. The van der Waals surface area contributed by atoms with Crippen LogP contribution in [0.5, 0.6) is 0 Å². The van der Waals surface area contributed by atoms with Gasteiger partial charge in [-0.25, -0.2) is 0 Å². The number of Topliss-reactive ketones (excluding diaryl/α,β-unsaturated/α-hetero) is 1. The average molecular weight is 411 g/mol. The van der Waals surface area contributed by atoms with Gasteiger partial charge in [-0.2, -0.15) is 0 Å². The molecule has 140 valence electrons. The highest BCUT2D eigenvalue weighted by Gasteiger charge is 2.61. The Kier molecular flexibility index (Phi) is 4.37. The third-order valence-electron chi connectivity index (χ3n) is 8.70. The van der Waals surface area contributed by atoms with Gasteiger partial charge in [-0.05, 0) is 74.0 Å². The molecule has 8 atom stereocenters. The number of ketones is 1. The summed E-state index contributed by atoms with van der Waals surface area (Å²) >= 11 is 3.66. The number of halogens is 1. The Morgan fingerprint density at radius 2 is 1.80 bits per heavy atom. The van der Waals surface area contributed by atoms with E-state index >= 15 is 0 Å². The molecule has 0 aromatic carbocycles. The van der Waals surface area contributed by atoms with E-state index in [0.717, 1.165) is 31.1 Å². The molecule has 4 heteroatoms. The van der Waals surface area contributed by atoms with Gasteiger partial charge in [0.05, 0.1) is 4.83 Å². The normalized spacial score (nSPS) is 52.1. The van der Waals surface area contributed by atoms with Crippen LogP contribution in [0.4, 0.5) is 0 Å². The molecule has 4 rings (SSSR count). The summed E-state index contributed by atoms with van der Waals surface area (Å²) in [5.74, 6) is 3.02. The number of alkyl halides is 1. The van der Waals surface area contributed by atoms with E-state index in [-0.39, 0.29) is 22.3 Å². The fourth-order valence-electron chi connectivity index (χ4n) is 7.40. The third kappa shape index (κ3) is 2.64. The molecule has 0 N–H and O–H groups in total. The van der Waals surface area contributed by atoms with Crippen molar-refractivity contribution < 1.29 is 14.3 Å². The molecule has 0 aliphatic heterocycles. The van der Waals surface area contributed by atoms with Crippen molar-refractivity contribution in [2.75, 3.05) is 0 Å². The number of hydrogen-bond acceptors (Lipinski definition) is 3. The number of rotatable bonds is 1. The van der Waals surface area contributed by atoms with Crippen LogP contribution in [0.1, 0.15) is 72.1 Å². The van der Waals surface area contributed by atoms with Crippen molar-refractivity contribution in [1.29, 1.82) is 0 Å². The van der Waals surface area contributed by atoms with E-state index in [1.165, 1.54) is 32.1 Å². The molecule has 0 amide bonds. The first-order chi connectivity index (χ1) is 11.8. The minimum atomic E-state index is -0.127. The van der Waals surface area contributed by atoms with Gasteiger partial charge in [0.1, 0.15) is 11.9 Å². The number of fused-ring (bicyclic) bond motifs is 5. The topological polar surface area (TPSA) is 43.4 Å². The number of esters is 1. The second kappa shape index (κ2) is 6.07. The molecule has 0 unspecified atom stereocenters. The van der Waals surface area contributed by atoms with E-state index < -0.39 is 0 Å². The predicted molar refractivity (Wildman–Crippen MR) is 100 cm³/mol. The molecule has 0 heterocycles. The largest absolute Gasteiger partial charge is 0.462 e. The summed E-state index contributed by atoms with van der Waals surface area (Å²) < 4.78 is 5.74.